The minimum atomic E-state index is -0.429. The van der Waals surface area contributed by atoms with E-state index in [0.29, 0.717) is 29.2 Å². The Hall–Kier alpha value is -3.75. The number of nitrogens with zero attached hydrogens (tertiary/aromatic N) is 4. The van der Waals surface area contributed by atoms with Crippen LogP contribution < -0.4 is 9.47 Å². The van der Waals surface area contributed by atoms with Gasteiger partial charge in [0.15, 0.2) is 0 Å². The number of benzene rings is 3. The third-order valence-corrected chi connectivity index (χ3v) is 7.22. The van der Waals surface area contributed by atoms with Gasteiger partial charge in [0, 0.05) is 50.3 Å². The second kappa shape index (κ2) is 11.8. The summed E-state index contributed by atoms with van der Waals surface area (Å²) in [4.78, 5) is 18.3. The molecule has 7 nitrogen and oxygen atoms in total. The van der Waals surface area contributed by atoms with Gasteiger partial charge in [-0.3, -0.25) is 14.6 Å². The van der Waals surface area contributed by atoms with Crippen molar-refractivity contribution in [1.82, 2.24) is 14.8 Å². The molecule has 2 aliphatic rings. The van der Waals surface area contributed by atoms with Gasteiger partial charge in [0.2, 0.25) is 0 Å². The number of halogens is 1. The zero-order valence-corrected chi connectivity index (χ0v) is 21.8. The number of amides is 1. The number of hydrogen-bond acceptors (Lipinski definition) is 6. The zero-order valence-electron chi connectivity index (χ0n) is 21.8. The van der Waals surface area contributed by atoms with Crippen LogP contribution in [0, 0.1) is 5.82 Å². The molecule has 0 bridgehead atoms. The van der Waals surface area contributed by atoms with Gasteiger partial charge in [-0.2, -0.15) is 5.10 Å². The van der Waals surface area contributed by atoms with Gasteiger partial charge >= 0.3 is 0 Å². The highest BCUT2D eigenvalue weighted by Gasteiger charge is 2.36. The molecule has 38 heavy (non-hydrogen) atoms. The lowest BCUT2D eigenvalue weighted by atomic mass is 9.97. The van der Waals surface area contributed by atoms with Crippen molar-refractivity contribution >= 4 is 11.6 Å². The first-order chi connectivity index (χ1) is 18.6. The van der Waals surface area contributed by atoms with Gasteiger partial charge in [0.1, 0.15) is 17.3 Å². The van der Waals surface area contributed by atoms with Crippen molar-refractivity contribution in [2.45, 2.75) is 19.0 Å². The van der Waals surface area contributed by atoms with E-state index in [9.17, 15) is 9.18 Å². The summed E-state index contributed by atoms with van der Waals surface area (Å²) < 4.78 is 25.8. The average Bonchev–Trinajstić information content (AvgIpc) is 3.40. The van der Waals surface area contributed by atoms with E-state index in [1.165, 1.54) is 16.6 Å². The summed E-state index contributed by atoms with van der Waals surface area (Å²) in [6, 6.07) is 22.1. The number of carbonyl (C=O) groups is 1. The Kier molecular flexibility index (Phi) is 8.00. The van der Waals surface area contributed by atoms with Crippen LogP contribution >= 0.6 is 0 Å². The molecule has 1 unspecified atom stereocenters. The third-order valence-electron chi connectivity index (χ3n) is 7.22. The standard InChI is InChI=1S/C30H33FN4O3/c1-37-23-12-13-29(38-2)25(18-23)28-19-27(24-10-6-7-11-26(24)31)32-35(28)30(36)21-34-16-14-33(15-17-34)20-22-8-4-3-5-9-22/h3-13,18,28H,14-17,19-21H2,1-2H3. The topological polar surface area (TPSA) is 57.6 Å². The molecule has 1 fully saturated rings. The molecule has 1 saturated heterocycles. The highest BCUT2D eigenvalue weighted by Crippen LogP contribution is 2.39. The molecule has 3 aromatic carbocycles. The average molecular weight is 517 g/mol. The lowest BCUT2D eigenvalue weighted by Gasteiger charge is -2.35. The monoisotopic (exact) mass is 516 g/mol. The minimum Gasteiger partial charge on any atom is -0.497 e. The first-order valence-electron chi connectivity index (χ1n) is 12.9. The van der Waals surface area contributed by atoms with Crippen LogP contribution in [0.4, 0.5) is 4.39 Å². The maximum Gasteiger partial charge on any atom is 0.257 e. The van der Waals surface area contributed by atoms with Crippen molar-refractivity contribution in [3.8, 4) is 11.5 Å². The van der Waals surface area contributed by atoms with Crippen LogP contribution in [0.2, 0.25) is 0 Å². The molecule has 198 valence electrons. The fourth-order valence-electron chi connectivity index (χ4n) is 5.15. The van der Waals surface area contributed by atoms with Gasteiger partial charge in [0.05, 0.1) is 32.5 Å². The number of methoxy groups -OCH3 is 2. The predicted molar refractivity (Wildman–Crippen MR) is 145 cm³/mol. The first kappa shape index (κ1) is 25.9. The van der Waals surface area contributed by atoms with Crippen LogP contribution in [0.15, 0.2) is 77.9 Å². The van der Waals surface area contributed by atoms with E-state index in [0.717, 1.165) is 38.3 Å². The van der Waals surface area contributed by atoms with E-state index in [2.05, 4.69) is 39.2 Å². The summed E-state index contributed by atoms with van der Waals surface area (Å²) in [5, 5.41) is 6.18. The molecule has 0 saturated carbocycles. The first-order valence-corrected chi connectivity index (χ1v) is 12.9. The summed E-state index contributed by atoms with van der Waals surface area (Å²) >= 11 is 0. The van der Waals surface area contributed by atoms with Crippen molar-refractivity contribution in [1.29, 1.82) is 0 Å². The molecule has 0 aromatic heterocycles. The molecule has 3 aromatic rings. The lowest BCUT2D eigenvalue weighted by Crippen LogP contribution is -2.49. The van der Waals surface area contributed by atoms with Crippen molar-refractivity contribution in [2.75, 3.05) is 46.9 Å². The Morgan fingerprint density at radius 1 is 0.921 bits per heavy atom. The van der Waals surface area contributed by atoms with Gasteiger partial charge in [-0.15, -0.1) is 0 Å². The molecule has 2 aliphatic heterocycles. The molecule has 0 spiro atoms. The molecule has 0 radical (unpaired) electrons. The van der Waals surface area contributed by atoms with Crippen LogP contribution in [0.1, 0.15) is 29.2 Å². The van der Waals surface area contributed by atoms with Crippen LogP contribution in [0.3, 0.4) is 0 Å². The van der Waals surface area contributed by atoms with E-state index in [-0.39, 0.29) is 18.3 Å². The Morgan fingerprint density at radius 2 is 1.63 bits per heavy atom. The molecular formula is C30H33FN4O3. The van der Waals surface area contributed by atoms with E-state index in [1.807, 2.05) is 24.3 Å². The number of piperazine rings is 1. The van der Waals surface area contributed by atoms with Gasteiger partial charge in [-0.1, -0.05) is 48.5 Å². The fraction of sp³-hybridized carbons (Fsp3) is 0.333. The number of carbonyl (C=O) groups excluding carboxylic acids is 1. The Labute approximate surface area is 223 Å². The molecule has 1 atom stereocenters. The van der Waals surface area contributed by atoms with Gasteiger partial charge in [0.25, 0.3) is 5.91 Å². The van der Waals surface area contributed by atoms with E-state index in [1.54, 1.807) is 32.4 Å². The van der Waals surface area contributed by atoms with Crippen molar-refractivity contribution in [2.24, 2.45) is 5.10 Å². The Morgan fingerprint density at radius 3 is 2.34 bits per heavy atom. The largest absolute Gasteiger partial charge is 0.497 e. The van der Waals surface area contributed by atoms with Gasteiger partial charge in [-0.05, 0) is 29.8 Å². The van der Waals surface area contributed by atoms with Crippen LogP contribution in [0.25, 0.3) is 0 Å². The molecular weight excluding hydrogens is 483 g/mol. The van der Waals surface area contributed by atoms with Crippen LogP contribution in [-0.4, -0.2) is 73.4 Å². The van der Waals surface area contributed by atoms with Crippen molar-refractivity contribution in [3.63, 3.8) is 0 Å². The second-order valence-corrected chi connectivity index (χ2v) is 9.63. The highest BCUT2D eigenvalue weighted by molar-refractivity contribution is 6.03. The summed E-state index contributed by atoms with van der Waals surface area (Å²) in [7, 11) is 3.20. The molecule has 2 heterocycles. The van der Waals surface area contributed by atoms with Crippen LogP contribution in [0.5, 0.6) is 11.5 Å². The predicted octanol–water partition coefficient (Wildman–Crippen LogP) is 4.34. The number of ether oxygens (including phenoxy) is 2. The van der Waals surface area contributed by atoms with E-state index >= 15 is 0 Å². The smallest absolute Gasteiger partial charge is 0.257 e. The summed E-state index contributed by atoms with van der Waals surface area (Å²) in [5.41, 5.74) is 3.02. The number of rotatable bonds is 8. The molecule has 5 rings (SSSR count). The van der Waals surface area contributed by atoms with E-state index in [4.69, 9.17) is 9.47 Å². The highest BCUT2D eigenvalue weighted by atomic mass is 19.1. The van der Waals surface area contributed by atoms with Crippen molar-refractivity contribution < 1.29 is 18.7 Å². The Balaban J connectivity index is 1.34. The van der Waals surface area contributed by atoms with Crippen LogP contribution in [-0.2, 0) is 11.3 Å². The Bertz CT molecular complexity index is 1290. The molecule has 1 amide bonds. The molecule has 0 aliphatic carbocycles. The fourth-order valence-corrected chi connectivity index (χ4v) is 5.15. The van der Waals surface area contributed by atoms with Crippen molar-refractivity contribution in [3.05, 3.63) is 95.3 Å². The summed E-state index contributed by atoms with van der Waals surface area (Å²) in [6.07, 6.45) is 0.376. The maximum atomic E-state index is 14.7. The quantitative estimate of drug-likeness (QED) is 0.446. The lowest BCUT2D eigenvalue weighted by molar-refractivity contribution is -0.134. The minimum absolute atomic E-state index is 0.122. The molecule has 8 heteroatoms. The van der Waals surface area contributed by atoms with Gasteiger partial charge < -0.3 is 9.47 Å². The second-order valence-electron chi connectivity index (χ2n) is 9.63. The van der Waals surface area contributed by atoms with E-state index < -0.39 is 6.04 Å². The number of hydrazone groups is 1. The molecule has 0 N–H and O–H groups in total. The maximum absolute atomic E-state index is 14.7. The normalized spacial score (nSPS) is 18.3. The summed E-state index contributed by atoms with van der Waals surface area (Å²) in [6.45, 7) is 4.52. The number of hydrogen-bond donors (Lipinski definition) is 0. The third kappa shape index (κ3) is 5.71. The van der Waals surface area contributed by atoms with Gasteiger partial charge in [-0.25, -0.2) is 9.40 Å². The zero-order chi connectivity index (χ0) is 26.5. The SMILES string of the molecule is COc1ccc(OC)c(C2CC(c3ccccc3F)=NN2C(=O)CN2CCN(Cc3ccccc3)CC2)c1. The summed E-state index contributed by atoms with van der Waals surface area (Å²) in [5.74, 6) is 0.810.